The van der Waals surface area contributed by atoms with Crippen molar-refractivity contribution in [1.82, 2.24) is 0 Å². The van der Waals surface area contributed by atoms with Crippen molar-refractivity contribution in [3.63, 3.8) is 0 Å². The Morgan fingerprint density at radius 2 is 2.43 bits per heavy atom. The maximum absolute atomic E-state index is 4.28. The van der Waals surface area contributed by atoms with E-state index in [4.69, 9.17) is 0 Å². The molecule has 0 radical (unpaired) electrons. The van der Waals surface area contributed by atoms with Gasteiger partial charge in [0, 0.05) is 10.5 Å². The van der Waals surface area contributed by atoms with E-state index < -0.39 is 0 Å². The fourth-order valence-corrected chi connectivity index (χ4v) is 1.66. The molecule has 0 aromatic rings. The van der Waals surface area contributed by atoms with Crippen LogP contribution in [-0.2, 0) is 0 Å². The Bertz CT molecular complexity index is 88.1. The molecule has 0 aliphatic carbocycles. The second kappa shape index (κ2) is 2.14. The first kappa shape index (κ1) is 5.57. The SMILES string of the molecule is CC1SC=CC1S. The molecule has 0 amide bonds. The largest absolute Gasteiger partial charge is 0.171 e. The molecule has 0 saturated carbocycles. The maximum Gasteiger partial charge on any atom is 0.0324 e. The smallest absolute Gasteiger partial charge is 0.0324 e. The quantitative estimate of drug-likeness (QED) is 0.491. The summed E-state index contributed by atoms with van der Waals surface area (Å²) in [6.45, 7) is 2.18. The summed E-state index contributed by atoms with van der Waals surface area (Å²) in [5, 5.41) is 3.29. The van der Waals surface area contributed by atoms with Crippen LogP contribution in [0.4, 0.5) is 0 Å². The van der Waals surface area contributed by atoms with Gasteiger partial charge in [0.15, 0.2) is 0 Å². The Labute approximate surface area is 53.8 Å². The first-order valence-corrected chi connectivity index (χ1v) is 3.77. The molecule has 1 heterocycles. The number of hydrogen-bond acceptors (Lipinski definition) is 2. The zero-order chi connectivity index (χ0) is 5.28. The normalized spacial score (nSPS) is 39.7. The summed E-state index contributed by atoms with van der Waals surface area (Å²) in [6, 6.07) is 0. The minimum Gasteiger partial charge on any atom is -0.171 e. The lowest BCUT2D eigenvalue weighted by atomic mass is 10.3. The lowest BCUT2D eigenvalue weighted by molar-refractivity contribution is 1.03. The average molecular weight is 132 g/mol. The molecule has 0 aromatic carbocycles. The van der Waals surface area contributed by atoms with Gasteiger partial charge in [-0.25, -0.2) is 0 Å². The maximum atomic E-state index is 4.28. The zero-order valence-corrected chi connectivity index (χ0v) is 5.88. The lowest BCUT2D eigenvalue weighted by Gasteiger charge is -2.03. The third-order valence-electron chi connectivity index (χ3n) is 1.05. The molecule has 0 N–H and O–H groups in total. The molecule has 0 aromatic heterocycles. The van der Waals surface area contributed by atoms with Gasteiger partial charge in [-0.05, 0) is 5.41 Å². The number of hydrogen-bond donors (Lipinski definition) is 1. The number of thiol groups is 1. The van der Waals surface area contributed by atoms with E-state index in [1.807, 2.05) is 11.8 Å². The molecule has 40 valence electrons. The minimum absolute atomic E-state index is 0.491. The van der Waals surface area contributed by atoms with Gasteiger partial charge in [-0.15, -0.1) is 11.8 Å². The highest BCUT2D eigenvalue weighted by Crippen LogP contribution is 2.26. The van der Waals surface area contributed by atoms with E-state index in [0.717, 1.165) is 0 Å². The third kappa shape index (κ3) is 1.16. The fourth-order valence-electron chi connectivity index (χ4n) is 0.487. The Hall–Kier alpha value is 0.440. The Kier molecular flexibility index (Phi) is 1.70. The highest BCUT2D eigenvalue weighted by Gasteiger charge is 2.13. The fraction of sp³-hybridized carbons (Fsp3) is 0.600. The first-order valence-electron chi connectivity index (χ1n) is 2.31. The molecule has 0 bridgehead atoms. The monoisotopic (exact) mass is 132 g/mol. The van der Waals surface area contributed by atoms with Gasteiger partial charge in [0.05, 0.1) is 0 Å². The van der Waals surface area contributed by atoms with Crippen LogP contribution < -0.4 is 0 Å². The summed E-state index contributed by atoms with van der Waals surface area (Å²) in [4.78, 5) is 0. The molecule has 1 aliphatic heterocycles. The van der Waals surface area contributed by atoms with E-state index in [-0.39, 0.29) is 0 Å². The second-order valence-corrected chi connectivity index (χ2v) is 3.54. The lowest BCUT2D eigenvalue weighted by Crippen LogP contribution is -2.04. The van der Waals surface area contributed by atoms with Gasteiger partial charge in [-0.1, -0.05) is 13.0 Å². The van der Waals surface area contributed by atoms with Crippen LogP contribution in [0, 0.1) is 0 Å². The highest BCUT2D eigenvalue weighted by molar-refractivity contribution is 8.03. The van der Waals surface area contributed by atoms with Crippen LogP contribution in [0.3, 0.4) is 0 Å². The first-order chi connectivity index (χ1) is 3.30. The van der Waals surface area contributed by atoms with E-state index in [1.54, 1.807) is 0 Å². The molecule has 2 heteroatoms. The van der Waals surface area contributed by atoms with Crippen LogP contribution in [0.1, 0.15) is 6.92 Å². The molecular weight excluding hydrogens is 124 g/mol. The minimum atomic E-state index is 0.491. The van der Waals surface area contributed by atoms with E-state index in [0.29, 0.717) is 10.5 Å². The number of thioether (sulfide) groups is 1. The van der Waals surface area contributed by atoms with Crippen molar-refractivity contribution >= 4 is 24.4 Å². The van der Waals surface area contributed by atoms with Gasteiger partial charge in [0.1, 0.15) is 0 Å². The van der Waals surface area contributed by atoms with Crippen molar-refractivity contribution in [2.24, 2.45) is 0 Å². The Balaban J connectivity index is 2.45. The van der Waals surface area contributed by atoms with Crippen molar-refractivity contribution in [2.75, 3.05) is 0 Å². The van der Waals surface area contributed by atoms with E-state index in [1.165, 1.54) is 0 Å². The summed E-state index contributed by atoms with van der Waals surface area (Å²) in [5.74, 6) is 0. The summed E-state index contributed by atoms with van der Waals surface area (Å²) in [5.41, 5.74) is 0. The van der Waals surface area contributed by atoms with E-state index >= 15 is 0 Å². The Morgan fingerprint density at radius 3 is 2.57 bits per heavy atom. The summed E-state index contributed by atoms with van der Waals surface area (Å²) >= 11 is 6.13. The second-order valence-electron chi connectivity index (χ2n) is 1.66. The predicted octanol–water partition coefficient (Wildman–Crippen LogP) is 1.93. The number of rotatable bonds is 0. The van der Waals surface area contributed by atoms with Crippen LogP contribution in [0.15, 0.2) is 11.5 Å². The standard InChI is InChI=1S/C5H8S2/c1-4-5(6)2-3-7-4/h2-6H,1H3. The molecule has 7 heavy (non-hydrogen) atoms. The molecule has 1 rings (SSSR count). The summed E-state index contributed by atoms with van der Waals surface area (Å²) in [6.07, 6.45) is 2.12. The van der Waals surface area contributed by atoms with Gasteiger partial charge >= 0.3 is 0 Å². The van der Waals surface area contributed by atoms with Gasteiger partial charge in [-0.3, -0.25) is 0 Å². The average Bonchev–Trinajstić information content (AvgIpc) is 1.91. The third-order valence-corrected chi connectivity index (χ3v) is 2.91. The molecular formula is C5H8S2. The molecule has 0 saturated heterocycles. The van der Waals surface area contributed by atoms with Gasteiger partial charge < -0.3 is 0 Å². The molecule has 0 nitrogen and oxygen atoms in total. The predicted molar refractivity (Wildman–Crippen MR) is 39.0 cm³/mol. The zero-order valence-electron chi connectivity index (χ0n) is 4.16. The van der Waals surface area contributed by atoms with Gasteiger partial charge in [-0.2, -0.15) is 12.6 Å². The van der Waals surface area contributed by atoms with Crippen LogP contribution >= 0.6 is 24.4 Å². The summed E-state index contributed by atoms with van der Waals surface area (Å²) in [7, 11) is 0. The van der Waals surface area contributed by atoms with Crippen molar-refractivity contribution in [1.29, 1.82) is 0 Å². The highest BCUT2D eigenvalue weighted by atomic mass is 32.2. The van der Waals surface area contributed by atoms with Crippen LogP contribution in [-0.4, -0.2) is 10.5 Å². The van der Waals surface area contributed by atoms with E-state index in [2.05, 4.69) is 31.0 Å². The van der Waals surface area contributed by atoms with Crippen molar-refractivity contribution in [3.05, 3.63) is 11.5 Å². The van der Waals surface area contributed by atoms with Crippen LogP contribution in [0.2, 0.25) is 0 Å². The molecule has 0 spiro atoms. The van der Waals surface area contributed by atoms with E-state index in [9.17, 15) is 0 Å². The molecule has 0 fully saturated rings. The van der Waals surface area contributed by atoms with Crippen molar-refractivity contribution in [3.8, 4) is 0 Å². The Morgan fingerprint density at radius 1 is 1.71 bits per heavy atom. The molecule has 2 unspecified atom stereocenters. The van der Waals surface area contributed by atoms with Crippen LogP contribution in [0.5, 0.6) is 0 Å². The van der Waals surface area contributed by atoms with Crippen LogP contribution in [0.25, 0.3) is 0 Å². The summed E-state index contributed by atoms with van der Waals surface area (Å²) < 4.78 is 0. The molecule has 1 aliphatic rings. The van der Waals surface area contributed by atoms with Crippen molar-refractivity contribution < 1.29 is 0 Å². The van der Waals surface area contributed by atoms with Gasteiger partial charge in [0.2, 0.25) is 0 Å². The van der Waals surface area contributed by atoms with Crippen molar-refractivity contribution in [2.45, 2.75) is 17.4 Å². The van der Waals surface area contributed by atoms with Gasteiger partial charge in [0.25, 0.3) is 0 Å². The molecule has 2 atom stereocenters. The topological polar surface area (TPSA) is 0 Å².